The van der Waals surface area contributed by atoms with E-state index in [1.165, 1.54) is 28.4 Å². The fourth-order valence-corrected chi connectivity index (χ4v) is 7.36. The lowest BCUT2D eigenvalue weighted by molar-refractivity contribution is -0.145. The molecule has 2 aliphatic heterocycles. The van der Waals surface area contributed by atoms with Gasteiger partial charge in [-0.05, 0) is 62.1 Å². The van der Waals surface area contributed by atoms with Gasteiger partial charge in [0.25, 0.3) is 5.19 Å². The molecule has 244 valence electrons. The van der Waals surface area contributed by atoms with Crippen LogP contribution in [0, 0.1) is 5.92 Å². The quantitative estimate of drug-likeness (QED) is 0.272. The number of nitrogens with one attached hydrogen (secondary N) is 2. The van der Waals surface area contributed by atoms with Crippen LogP contribution in [0.5, 0.6) is 5.19 Å². The van der Waals surface area contributed by atoms with Crippen molar-refractivity contribution in [3.63, 3.8) is 0 Å². The van der Waals surface area contributed by atoms with E-state index in [1.807, 2.05) is 12.2 Å². The number of aromatic nitrogens is 1. The van der Waals surface area contributed by atoms with E-state index in [-0.39, 0.29) is 31.0 Å². The number of thiazole rings is 1. The minimum atomic E-state index is -4.56. The van der Waals surface area contributed by atoms with Gasteiger partial charge in [-0.1, -0.05) is 54.0 Å². The van der Waals surface area contributed by atoms with Crippen molar-refractivity contribution in [2.45, 2.75) is 74.8 Å². The standard InChI is InChI=1S/C32H32ClF3N4O5S/c33-20-11-12-23-26(14-20)46-30(38-23)45-22-15-25-27(41)39-31(29(43)44)16-19(31)7-4-2-1-3-5-10-24(28(42)40(25)17-22)37-21-9-6-8-18(13-21)32(34,35)36/h4,6-9,11-14,19,22,24-25,37H,1-3,5,10,15-17H2,(H,39,41)(H,43,44)/b7-4-/t19-,22+,24-,25-,31+/m0/s1. The highest BCUT2D eigenvalue weighted by Gasteiger charge is 2.61. The lowest BCUT2D eigenvalue weighted by Crippen LogP contribution is -2.55. The molecule has 0 spiro atoms. The van der Waals surface area contributed by atoms with Gasteiger partial charge in [-0.25, -0.2) is 9.78 Å². The number of aliphatic carboxylic acids is 1. The molecule has 0 unspecified atom stereocenters. The number of allylic oxidation sites excluding steroid dienone is 1. The smallest absolute Gasteiger partial charge is 0.416 e. The molecule has 1 saturated heterocycles. The zero-order chi connectivity index (χ0) is 32.6. The summed E-state index contributed by atoms with van der Waals surface area (Å²) in [4.78, 5) is 46.2. The molecular weight excluding hydrogens is 645 g/mol. The summed E-state index contributed by atoms with van der Waals surface area (Å²) in [5.74, 6) is -2.63. The molecule has 0 bridgehead atoms. The second-order valence-electron chi connectivity index (χ2n) is 12.0. The van der Waals surface area contributed by atoms with Gasteiger partial charge in [0.05, 0.1) is 22.3 Å². The molecule has 3 heterocycles. The topological polar surface area (TPSA) is 121 Å². The van der Waals surface area contributed by atoms with Crippen molar-refractivity contribution in [2.24, 2.45) is 5.92 Å². The van der Waals surface area contributed by atoms with Crippen LogP contribution in [0.4, 0.5) is 18.9 Å². The van der Waals surface area contributed by atoms with Gasteiger partial charge in [0.2, 0.25) is 11.8 Å². The Morgan fingerprint density at radius 1 is 1.17 bits per heavy atom. The maximum atomic E-state index is 14.2. The summed E-state index contributed by atoms with van der Waals surface area (Å²) in [6, 6.07) is 7.86. The van der Waals surface area contributed by atoms with Crippen LogP contribution in [-0.4, -0.2) is 63.0 Å². The number of carbonyl (C=O) groups excluding carboxylic acids is 2. The Balaban J connectivity index is 1.30. The number of anilines is 1. The summed E-state index contributed by atoms with van der Waals surface area (Å²) in [6.45, 7) is -0.00221. The van der Waals surface area contributed by atoms with Crippen molar-refractivity contribution >= 4 is 56.6 Å². The lowest BCUT2D eigenvalue weighted by atomic mass is 10.0. The van der Waals surface area contributed by atoms with Crippen molar-refractivity contribution in [1.82, 2.24) is 15.2 Å². The van der Waals surface area contributed by atoms with Gasteiger partial charge in [-0.15, -0.1) is 0 Å². The van der Waals surface area contributed by atoms with Crippen LogP contribution < -0.4 is 15.4 Å². The van der Waals surface area contributed by atoms with E-state index >= 15 is 0 Å². The van der Waals surface area contributed by atoms with Crippen molar-refractivity contribution in [3.05, 3.63) is 65.2 Å². The van der Waals surface area contributed by atoms with Gasteiger partial charge in [0.15, 0.2) is 0 Å². The second-order valence-corrected chi connectivity index (χ2v) is 13.4. The van der Waals surface area contributed by atoms with E-state index in [9.17, 15) is 32.7 Å². The Morgan fingerprint density at radius 2 is 2.00 bits per heavy atom. The molecule has 2 fully saturated rings. The number of fused-ring (bicyclic) bond motifs is 3. The van der Waals surface area contributed by atoms with Crippen molar-refractivity contribution < 1.29 is 37.4 Å². The molecule has 1 saturated carbocycles. The first-order valence-electron chi connectivity index (χ1n) is 15.1. The third-order valence-corrected chi connectivity index (χ3v) is 9.89. The zero-order valence-corrected chi connectivity index (χ0v) is 26.1. The van der Waals surface area contributed by atoms with E-state index in [2.05, 4.69) is 15.6 Å². The summed E-state index contributed by atoms with van der Waals surface area (Å²) in [5, 5.41) is 16.6. The van der Waals surface area contributed by atoms with Crippen LogP contribution in [0.25, 0.3) is 10.2 Å². The molecule has 46 heavy (non-hydrogen) atoms. The summed E-state index contributed by atoms with van der Waals surface area (Å²) in [6.07, 6.45) is 2.00. The van der Waals surface area contributed by atoms with Gasteiger partial charge in [-0.2, -0.15) is 13.2 Å². The number of halogens is 4. The average Bonchev–Trinajstić information content (AvgIpc) is 3.32. The number of ether oxygens (including phenoxy) is 1. The predicted molar refractivity (Wildman–Crippen MR) is 167 cm³/mol. The van der Waals surface area contributed by atoms with Crippen LogP contribution in [-0.2, 0) is 20.6 Å². The monoisotopic (exact) mass is 676 g/mol. The maximum absolute atomic E-state index is 14.2. The van der Waals surface area contributed by atoms with Crippen molar-refractivity contribution in [2.75, 3.05) is 11.9 Å². The molecule has 1 aliphatic carbocycles. The van der Waals surface area contributed by atoms with Gasteiger partial charge in [-0.3, -0.25) is 9.59 Å². The van der Waals surface area contributed by atoms with Gasteiger partial charge in [0, 0.05) is 23.0 Å². The normalized spacial score (nSPS) is 28.0. The molecule has 9 nitrogen and oxygen atoms in total. The number of benzene rings is 2. The predicted octanol–water partition coefficient (Wildman–Crippen LogP) is 6.28. The zero-order valence-electron chi connectivity index (χ0n) is 24.6. The molecule has 3 aromatic rings. The fourth-order valence-electron chi connectivity index (χ4n) is 6.20. The van der Waals surface area contributed by atoms with E-state index < -0.39 is 53.2 Å². The Morgan fingerprint density at radius 3 is 2.78 bits per heavy atom. The third-order valence-electron chi connectivity index (χ3n) is 8.75. The largest absolute Gasteiger partial charge is 0.479 e. The van der Waals surface area contributed by atoms with E-state index in [4.69, 9.17) is 16.3 Å². The Bertz CT molecular complexity index is 1680. The van der Waals surface area contributed by atoms with Crippen LogP contribution in [0.3, 0.4) is 0 Å². The van der Waals surface area contributed by atoms with Gasteiger partial charge >= 0.3 is 12.1 Å². The number of alkyl halides is 3. The molecule has 1 aromatic heterocycles. The summed E-state index contributed by atoms with van der Waals surface area (Å²) >= 11 is 7.38. The molecule has 3 N–H and O–H groups in total. The molecule has 0 radical (unpaired) electrons. The van der Waals surface area contributed by atoms with Crippen molar-refractivity contribution in [1.29, 1.82) is 0 Å². The van der Waals surface area contributed by atoms with E-state index in [0.29, 0.717) is 35.0 Å². The van der Waals surface area contributed by atoms with Crippen LogP contribution in [0.2, 0.25) is 5.02 Å². The fraction of sp³-hybridized carbons (Fsp3) is 0.438. The highest BCUT2D eigenvalue weighted by atomic mass is 35.5. The Labute approximate surface area is 271 Å². The average molecular weight is 677 g/mol. The number of carbonyl (C=O) groups is 3. The maximum Gasteiger partial charge on any atom is 0.416 e. The van der Waals surface area contributed by atoms with Crippen LogP contribution in [0.15, 0.2) is 54.6 Å². The number of rotatable bonds is 5. The first-order valence-corrected chi connectivity index (χ1v) is 16.3. The number of hydrogen-bond acceptors (Lipinski definition) is 7. The van der Waals surface area contributed by atoms with Crippen molar-refractivity contribution in [3.8, 4) is 5.19 Å². The number of hydrogen-bond donors (Lipinski definition) is 3. The minimum absolute atomic E-state index is 0.00221. The Hall–Kier alpha value is -3.84. The Kier molecular flexibility index (Phi) is 8.90. The third kappa shape index (κ3) is 6.80. The van der Waals surface area contributed by atoms with Gasteiger partial charge < -0.3 is 25.4 Å². The molecular formula is C32H32ClF3N4O5S. The lowest BCUT2D eigenvalue weighted by Gasteiger charge is -2.30. The molecule has 3 aliphatic rings. The van der Waals surface area contributed by atoms with Gasteiger partial charge in [0.1, 0.15) is 23.7 Å². The SMILES string of the molecule is O=C1N[C@]2(C(=O)O)C[C@@H]2/C=C\CCCCC[C@H](Nc2cccc(C(F)(F)F)c2)C(=O)N2C[C@H](Oc3nc4ccc(Cl)cc4s3)C[C@@H]12. The number of carboxylic acid groups (broad SMARTS) is 1. The molecule has 2 amide bonds. The molecule has 6 rings (SSSR count). The molecule has 14 heteroatoms. The number of carboxylic acids is 1. The summed E-state index contributed by atoms with van der Waals surface area (Å²) in [5.41, 5.74) is -1.52. The van der Waals surface area contributed by atoms with Crippen LogP contribution in [0.1, 0.15) is 50.5 Å². The van der Waals surface area contributed by atoms with E-state index in [0.717, 1.165) is 29.7 Å². The first-order chi connectivity index (χ1) is 21.9. The van der Waals surface area contributed by atoms with Crippen LogP contribution >= 0.6 is 22.9 Å². The summed E-state index contributed by atoms with van der Waals surface area (Å²) < 4.78 is 47.4. The minimum Gasteiger partial charge on any atom is -0.479 e. The molecule has 2 aromatic carbocycles. The number of nitrogens with zero attached hydrogens (tertiary/aromatic N) is 2. The molecule has 5 atom stereocenters. The second kappa shape index (κ2) is 12.7. The number of amides is 2. The summed E-state index contributed by atoms with van der Waals surface area (Å²) in [7, 11) is 0. The highest BCUT2D eigenvalue weighted by Crippen LogP contribution is 2.45. The first kappa shape index (κ1) is 32.1. The highest BCUT2D eigenvalue weighted by molar-refractivity contribution is 7.20. The van der Waals surface area contributed by atoms with E-state index in [1.54, 1.807) is 18.2 Å².